The van der Waals surface area contributed by atoms with Crippen LogP contribution in [-0.4, -0.2) is 69.8 Å². The van der Waals surface area contributed by atoms with Gasteiger partial charge in [-0.1, -0.05) is 0 Å². The van der Waals surface area contributed by atoms with Crippen LogP contribution in [0.3, 0.4) is 0 Å². The molecule has 0 aromatic heterocycles. The van der Waals surface area contributed by atoms with Gasteiger partial charge in [-0.05, 0) is 32.0 Å². The van der Waals surface area contributed by atoms with Crippen LogP contribution in [0, 0.1) is 11.3 Å². The van der Waals surface area contributed by atoms with Crippen molar-refractivity contribution in [3.05, 3.63) is 29.3 Å². The Labute approximate surface area is 170 Å². The van der Waals surface area contributed by atoms with Crippen LogP contribution in [0.1, 0.15) is 25.0 Å². The van der Waals surface area contributed by atoms with Crippen LogP contribution >= 0.6 is 0 Å². The van der Waals surface area contributed by atoms with E-state index in [0.29, 0.717) is 43.4 Å². The Bertz CT molecular complexity index is 845. The fourth-order valence-electron chi connectivity index (χ4n) is 3.81. The monoisotopic (exact) mass is 428 g/mol. The summed E-state index contributed by atoms with van der Waals surface area (Å²) in [7, 11) is -0.877. The topological polar surface area (TPSA) is 67.7 Å². The third kappa shape index (κ3) is 4.50. The van der Waals surface area contributed by atoms with Gasteiger partial charge in [-0.15, -0.1) is 0 Å². The highest BCUT2D eigenvalue weighted by Gasteiger charge is 2.37. The number of hydrogen-bond acceptors (Lipinski definition) is 4. The maximum atomic E-state index is 13.3. The number of hydrogen-bond donors (Lipinski definition) is 0. The van der Waals surface area contributed by atoms with E-state index in [2.05, 4.69) is 0 Å². The maximum absolute atomic E-state index is 13.3. The lowest BCUT2D eigenvalue weighted by Crippen LogP contribution is -2.61. The first-order chi connectivity index (χ1) is 13.6. The standard InChI is InChI=1S/C19H23F3N4O2S/c1-13-12-26(18(27)24-5-7-29(28)8-6-24)14(2)11-25(13)16-4-3-15(10-23)17(9-16)19(20,21)22/h3-4,9,13-14H,5-8,11-12H2,1-2H3/t13-,14+/m0/s1. The average Bonchev–Trinajstić information content (AvgIpc) is 2.68. The summed E-state index contributed by atoms with van der Waals surface area (Å²) >= 11 is 0. The molecule has 2 fully saturated rings. The van der Waals surface area contributed by atoms with Gasteiger partial charge < -0.3 is 14.7 Å². The molecule has 2 aliphatic rings. The number of alkyl halides is 3. The Hall–Kier alpha value is -2.28. The highest BCUT2D eigenvalue weighted by Crippen LogP contribution is 2.35. The number of urea groups is 1. The van der Waals surface area contributed by atoms with Crippen LogP contribution in [-0.2, 0) is 17.0 Å². The number of nitrogens with zero attached hydrogens (tertiary/aromatic N) is 4. The molecular weight excluding hydrogens is 405 g/mol. The highest BCUT2D eigenvalue weighted by molar-refractivity contribution is 7.85. The van der Waals surface area contributed by atoms with Gasteiger partial charge in [-0.25, -0.2) is 4.79 Å². The van der Waals surface area contributed by atoms with Gasteiger partial charge in [-0.3, -0.25) is 4.21 Å². The Morgan fingerprint density at radius 2 is 1.83 bits per heavy atom. The second-order valence-electron chi connectivity index (χ2n) is 7.46. The Morgan fingerprint density at radius 1 is 1.17 bits per heavy atom. The molecule has 2 atom stereocenters. The SMILES string of the molecule is C[C@@H]1CN(c2ccc(C#N)c(C(F)(F)F)c2)[C@@H](C)CN1C(=O)N1CCS(=O)CC1. The molecule has 10 heteroatoms. The van der Waals surface area contributed by atoms with Crippen molar-refractivity contribution < 1.29 is 22.2 Å². The van der Waals surface area contributed by atoms with Crippen molar-refractivity contribution in [3.8, 4) is 6.07 Å². The molecule has 2 heterocycles. The van der Waals surface area contributed by atoms with E-state index in [9.17, 15) is 22.2 Å². The van der Waals surface area contributed by atoms with E-state index < -0.39 is 28.1 Å². The number of nitriles is 1. The molecule has 29 heavy (non-hydrogen) atoms. The highest BCUT2D eigenvalue weighted by atomic mass is 32.2. The van der Waals surface area contributed by atoms with E-state index in [1.807, 2.05) is 18.7 Å². The molecule has 158 valence electrons. The normalized spacial score (nSPS) is 23.8. The molecule has 2 saturated heterocycles. The molecule has 0 aliphatic carbocycles. The summed E-state index contributed by atoms with van der Waals surface area (Å²) in [5, 5.41) is 8.98. The lowest BCUT2D eigenvalue weighted by Gasteiger charge is -2.47. The van der Waals surface area contributed by atoms with Crippen LogP contribution < -0.4 is 4.90 Å². The smallest absolute Gasteiger partial charge is 0.365 e. The average molecular weight is 428 g/mol. The Balaban J connectivity index is 1.77. The van der Waals surface area contributed by atoms with Crippen molar-refractivity contribution in [2.45, 2.75) is 32.1 Å². The van der Waals surface area contributed by atoms with E-state index in [0.717, 1.165) is 6.07 Å². The van der Waals surface area contributed by atoms with E-state index in [-0.39, 0.29) is 18.1 Å². The summed E-state index contributed by atoms with van der Waals surface area (Å²) in [5.74, 6) is 0.947. The number of carbonyl (C=O) groups is 1. The van der Waals surface area contributed by atoms with Gasteiger partial charge in [0.25, 0.3) is 0 Å². The molecule has 0 radical (unpaired) electrons. The van der Waals surface area contributed by atoms with Gasteiger partial charge in [0, 0.05) is 66.3 Å². The summed E-state index contributed by atoms with van der Waals surface area (Å²) in [4.78, 5) is 18.2. The Kier molecular flexibility index (Phi) is 6.08. The largest absolute Gasteiger partial charge is 0.417 e. The van der Waals surface area contributed by atoms with Crippen molar-refractivity contribution in [2.24, 2.45) is 0 Å². The van der Waals surface area contributed by atoms with Gasteiger partial charge in [-0.2, -0.15) is 18.4 Å². The van der Waals surface area contributed by atoms with Gasteiger partial charge in [0.15, 0.2) is 0 Å². The predicted molar refractivity (Wildman–Crippen MR) is 104 cm³/mol. The zero-order valence-corrected chi connectivity index (χ0v) is 17.1. The summed E-state index contributed by atoms with van der Waals surface area (Å²) in [6.07, 6.45) is -4.61. The van der Waals surface area contributed by atoms with Crippen LogP contribution in [0.4, 0.5) is 23.7 Å². The second kappa shape index (κ2) is 8.22. The minimum atomic E-state index is -4.61. The van der Waals surface area contributed by atoms with Gasteiger partial charge in [0.2, 0.25) is 0 Å². The first-order valence-electron chi connectivity index (χ1n) is 9.40. The summed E-state index contributed by atoms with van der Waals surface area (Å²) in [6, 6.07) is 4.82. The molecule has 1 aromatic rings. The fraction of sp³-hybridized carbons (Fsp3) is 0.579. The number of rotatable bonds is 1. The van der Waals surface area contributed by atoms with Gasteiger partial charge in [0.1, 0.15) is 0 Å². The lowest BCUT2D eigenvalue weighted by atomic mass is 10.0. The van der Waals surface area contributed by atoms with Crippen molar-refractivity contribution >= 4 is 22.5 Å². The quantitative estimate of drug-likeness (QED) is 0.690. The van der Waals surface area contributed by atoms with Crippen molar-refractivity contribution in [3.63, 3.8) is 0 Å². The lowest BCUT2D eigenvalue weighted by molar-refractivity contribution is -0.137. The van der Waals surface area contributed by atoms with Gasteiger partial charge in [0.05, 0.1) is 17.2 Å². The minimum Gasteiger partial charge on any atom is -0.365 e. The van der Waals surface area contributed by atoms with E-state index in [1.165, 1.54) is 12.1 Å². The van der Waals surface area contributed by atoms with Gasteiger partial charge >= 0.3 is 12.2 Å². The van der Waals surface area contributed by atoms with E-state index in [4.69, 9.17) is 5.26 Å². The van der Waals surface area contributed by atoms with Crippen LogP contribution in [0.15, 0.2) is 18.2 Å². The van der Waals surface area contributed by atoms with Crippen LogP contribution in [0.25, 0.3) is 0 Å². The van der Waals surface area contributed by atoms with Crippen molar-refractivity contribution in [1.29, 1.82) is 5.26 Å². The summed E-state index contributed by atoms with van der Waals surface area (Å²) < 4.78 is 51.4. The maximum Gasteiger partial charge on any atom is 0.417 e. The van der Waals surface area contributed by atoms with Crippen molar-refractivity contribution in [1.82, 2.24) is 9.80 Å². The number of amides is 2. The number of benzene rings is 1. The molecule has 2 aliphatic heterocycles. The third-order valence-corrected chi connectivity index (χ3v) is 6.72. The Morgan fingerprint density at radius 3 is 2.41 bits per heavy atom. The zero-order chi connectivity index (χ0) is 21.3. The van der Waals surface area contributed by atoms with Crippen molar-refractivity contribution in [2.75, 3.05) is 42.6 Å². The minimum absolute atomic E-state index is 0.114. The summed E-state index contributed by atoms with van der Waals surface area (Å²) in [6.45, 7) is 5.40. The molecule has 0 spiro atoms. The molecule has 0 unspecified atom stereocenters. The first kappa shape index (κ1) is 21.4. The number of halogens is 3. The second-order valence-corrected chi connectivity index (χ2v) is 9.16. The third-order valence-electron chi connectivity index (χ3n) is 5.44. The molecule has 2 amide bonds. The molecular formula is C19H23F3N4O2S. The molecule has 0 N–H and O–H groups in total. The molecule has 0 saturated carbocycles. The van der Waals surface area contributed by atoms with E-state index >= 15 is 0 Å². The molecule has 6 nitrogen and oxygen atoms in total. The number of anilines is 1. The molecule has 0 bridgehead atoms. The van der Waals surface area contributed by atoms with Crippen LogP contribution in [0.2, 0.25) is 0 Å². The fourth-order valence-corrected chi connectivity index (χ4v) is 4.86. The van der Waals surface area contributed by atoms with E-state index in [1.54, 1.807) is 15.9 Å². The summed E-state index contributed by atoms with van der Waals surface area (Å²) in [5.41, 5.74) is -0.966. The zero-order valence-electron chi connectivity index (χ0n) is 16.3. The first-order valence-corrected chi connectivity index (χ1v) is 10.9. The predicted octanol–water partition coefficient (Wildman–Crippen LogP) is 2.66. The number of piperazine rings is 1. The number of carbonyl (C=O) groups excluding carboxylic acids is 1. The molecule has 3 rings (SSSR count). The van der Waals surface area contributed by atoms with Crippen LogP contribution in [0.5, 0.6) is 0 Å². The molecule has 1 aromatic carbocycles.